The number of aromatic nitrogens is 3. The third-order valence-corrected chi connectivity index (χ3v) is 4.89. The highest BCUT2D eigenvalue weighted by atomic mass is 16.5. The molecule has 32 heavy (non-hydrogen) atoms. The molecule has 2 heterocycles. The predicted octanol–water partition coefficient (Wildman–Crippen LogP) is 4.42. The number of pyridine rings is 1. The van der Waals surface area contributed by atoms with Crippen LogP contribution in [0.2, 0.25) is 0 Å². The molecular formula is C25H22N4O3. The molecule has 160 valence electrons. The molecule has 0 aliphatic rings. The smallest absolute Gasteiger partial charge is 0.255 e. The summed E-state index contributed by atoms with van der Waals surface area (Å²) in [6, 6.07) is 18.4. The van der Waals surface area contributed by atoms with Crippen LogP contribution in [0.3, 0.4) is 0 Å². The zero-order valence-electron chi connectivity index (χ0n) is 17.8. The number of aromatic amines is 1. The minimum Gasteiger partial charge on any atom is -0.457 e. The Morgan fingerprint density at radius 2 is 1.69 bits per heavy atom. The summed E-state index contributed by atoms with van der Waals surface area (Å²) in [7, 11) is 0. The number of nitrogens with one attached hydrogen (secondary N) is 2. The van der Waals surface area contributed by atoms with Crippen LogP contribution in [0.1, 0.15) is 16.8 Å². The number of carbonyl (C=O) groups excluding carboxylic acids is 1. The van der Waals surface area contributed by atoms with Gasteiger partial charge in [-0.3, -0.25) is 14.6 Å². The second kappa shape index (κ2) is 9.26. The van der Waals surface area contributed by atoms with Crippen LogP contribution in [-0.4, -0.2) is 20.9 Å². The Balaban J connectivity index is 1.41. The zero-order chi connectivity index (χ0) is 22.5. The summed E-state index contributed by atoms with van der Waals surface area (Å²) in [5, 5.41) is 2.80. The van der Waals surface area contributed by atoms with Gasteiger partial charge in [0.1, 0.15) is 17.3 Å². The highest BCUT2D eigenvalue weighted by molar-refractivity contribution is 5.92. The van der Waals surface area contributed by atoms with Crippen LogP contribution >= 0.6 is 0 Å². The molecular weight excluding hydrogens is 404 g/mol. The number of benzene rings is 2. The first kappa shape index (κ1) is 21.0. The van der Waals surface area contributed by atoms with Gasteiger partial charge in [0.2, 0.25) is 5.91 Å². The van der Waals surface area contributed by atoms with Crippen molar-refractivity contribution in [2.24, 2.45) is 0 Å². The van der Waals surface area contributed by atoms with Crippen molar-refractivity contribution in [2.45, 2.75) is 20.3 Å². The molecule has 7 heteroatoms. The maximum atomic E-state index is 12.5. The van der Waals surface area contributed by atoms with Gasteiger partial charge in [0, 0.05) is 34.9 Å². The van der Waals surface area contributed by atoms with E-state index >= 15 is 0 Å². The Hall–Kier alpha value is -4.26. The molecule has 2 aromatic carbocycles. The number of nitrogens with zero attached hydrogens (tertiary/aromatic N) is 2. The average molecular weight is 426 g/mol. The summed E-state index contributed by atoms with van der Waals surface area (Å²) in [4.78, 5) is 36.3. The van der Waals surface area contributed by atoms with Crippen LogP contribution < -0.4 is 15.6 Å². The van der Waals surface area contributed by atoms with Gasteiger partial charge >= 0.3 is 0 Å². The van der Waals surface area contributed by atoms with Gasteiger partial charge in [-0.25, -0.2) is 4.98 Å². The topological polar surface area (TPSA) is 97.0 Å². The van der Waals surface area contributed by atoms with Crippen LogP contribution in [0, 0.1) is 13.8 Å². The van der Waals surface area contributed by atoms with Gasteiger partial charge in [-0.2, -0.15) is 0 Å². The molecule has 0 bridgehead atoms. The molecule has 0 saturated heterocycles. The average Bonchev–Trinajstić information content (AvgIpc) is 2.79. The molecule has 7 nitrogen and oxygen atoms in total. The number of carbonyl (C=O) groups is 1. The molecule has 1 amide bonds. The van der Waals surface area contributed by atoms with Gasteiger partial charge in [0.15, 0.2) is 0 Å². The Kier molecular flexibility index (Phi) is 6.07. The fraction of sp³-hybridized carbons (Fsp3) is 0.120. The van der Waals surface area contributed by atoms with E-state index in [2.05, 4.69) is 20.3 Å². The molecule has 2 N–H and O–H groups in total. The van der Waals surface area contributed by atoms with Gasteiger partial charge in [-0.15, -0.1) is 0 Å². The maximum absolute atomic E-state index is 12.5. The van der Waals surface area contributed by atoms with Crippen molar-refractivity contribution in [1.82, 2.24) is 15.0 Å². The standard InChI is InChI=1S/C25H22N4O3/c1-16-5-9-20(10-6-16)32-21-11-7-19(8-12-21)28-23(30)14-22-17(2)27-24(29-25(22)31)18-4-3-13-26-15-18/h3-13,15H,14H2,1-2H3,(H,28,30)(H,27,29,31). The Bertz CT molecular complexity index is 1280. The molecule has 0 unspecified atom stereocenters. The van der Waals surface area contributed by atoms with Gasteiger partial charge in [-0.05, 0) is 62.4 Å². The minimum absolute atomic E-state index is 0.0803. The lowest BCUT2D eigenvalue weighted by atomic mass is 10.1. The van der Waals surface area contributed by atoms with E-state index in [1.165, 1.54) is 0 Å². The third kappa shape index (κ3) is 5.07. The number of H-pyrrole nitrogens is 1. The van der Waals surface area contributed by atoms with Crippen molar-refractivity contribution < 1.29 is 9.53 Å². The first-order valence-electron chi connectivity index (χ1n) is 10.1. The second-order valence-electron chi connectivity index (χ2n) is 7.38. The molecule has 0 aliphatic heterocycles. The number of amides is 1. The van der Waals surface area contributed by atoms with E-state index in [1.54, 1.807) is 49.6 Å². The van der Waals surface area contributed by atoms with E-state index in [9.17, 15) is 9.59 Å². The van der Waals surface area contributed by atoms with Crippen molar-refractivity contribution in [3.8, 4) is 22.9 Å². The third-order valence-electron chi connectivity index (χ3n) is 4.89. The van der Waals surface area contributed by atoms with E-state index in [0.717, 1.165) is 11.3 Å². The summed E-state index contributed by atoms with van der Waals surface area (Å²) in [5.74, 6) is 1.52. The van der Waals surface area contributed by atoms with Crippen LogP contribution in [0.25, 0.3) is 11.4 Å². The summed E-state index contributed by atoms with van der Waals surface area (Å²) < 4.78 is 5.80. The van der Waals surface area contributed by atoms with Crippen LogP contribution in [-0.2, 0) is 11.2 Å². The monoisotopic (exact) mass is 426 g/mol. The fourth-order valence-electron chi connectivity index (χ4n) is 3.17. The van der Waals surface area contributed by atoms with Crippen molar-refractivity contribution in [1.29, 1.82) is 0 Å². The van der Waals surface area contributed by atoms with E-state index < -0.39 is 0 Å². The first-order chi connectivity index (χ1) is 15.5. The number of anilines is 1. The molecule has 0 aliphatic carbocycles. The Labute approximate surface area is 185 Å². The maximum Gasteiger partial charge on any atom is 0.255 e. The SMILES string of the molecule is Cc1ccc(Oc2ccc(NC(=O)Cc3c(C)nc(-c4cccnc4)[nH]c3=O)cc2)cc1. The fourth-order valence-corrected chi connectivity index (χ4v) is 3.17. The van der Waals surface area contributed by atoms with Crippen molar-refractivity contribution in [3.63, 3.8) is 0 Å². The van der Waals surface area contributed by atoms with E-state index in [0.29, 0.717) is 34.1 Å². The normalized spacial score (nSPS) is 10.6. The minimum atomic E-state index is -0.339. The zero-order valence-corrected chi connectivity index (χ0v) is 17.8. The molecule has 0 fully saturated rings. The lowest BCUT2D eigenvalue weighted by Crippen LogP contribution is -2.23. The number of hydrogen-bond donors (Lipinski definition) is 2. The molecule has 4 aromatic rings. The van der Waals surface area contributed by atoms with Gasteiger partial charge in [-0.1, -0.05) is 17.7 Å². The van der Waals surface area contributed by atoms with Gasteiger partial charge in [0.25, 0.3) is 5.56 Å². The van der Waals surface area contributed by atoms with E-state index in [1.807, 2.05) is 37.3 Å². The molecule has 0 saturated carbocycles. The first-order valence-corrected chi connectivity index (χ1v) is 10.1. The van der Waals surface area contributed by atoms with Crippen molar-refractivity contribution in [3.05, 3.63) is 100 Å². The van der Waals surface area contributed by atoms with Crippen LogP contribution in [0.15, 0.2) is 77.9 Å². The lowest BCUT2D eigenvalue weighted by Gasteiger charge is -2.10. The Morgan fingerprint density at radius 1 is 1.00 bits per heavy atom. The highest BCUT2D eigenvalue weighted by Gasteiger charge is 2.14. The van der Waals surface area contributed by atoms with E-state index in [-0.39, 0.29) is 17.9 Å². The van der Waals surface area contributed by atoms with Gasteiger partial charge in [0.05, 0.1) is 6.42 Å². The summed E-state index contributed by atoms with van der Waals surface area (Å²) in [6.45, 7) is 3.73. The number of ether oxygens (including phenoxy) is 1. The van der Waals surface area contributed by atoms with Crippen LogP contribution in [0.4, 0.5) is 5.69 Å². The largest absolute Gasteiger partial charge is 0.457 e. The van der Waals surface area contributed by atoms with Crippen molar-refractivity contribution in [2.75, 3.05) is 5.32 Å². The van der Waals surface area contributed by atoms with Crippen LogP contribution in [0.5, 0.6) is 11.5 Å². The van der Waals surface area contributed by atoms with Gasteiger partial charge < -0.3 is 15.0 Å². The lowest BCUT2D eigenvalue weighted by molar-refractivity contribution is -0.115. The Morgan fingerprint density at radius 3 is 2.31 bits per heavy atom. The molecule has 0 spiro atoms. The second-order valence-corrected chi connectivity index (χ2v) is 7.38. The van der Waals surface area contributed by atoms with Crippen molar-refractivity contribution >= 4 is 11.6 Å². The number of rotatable bonds is 6. The molecule has 2 aromatic heterocycles. The number of hydrogen-bond acceptors (Lipinski definition) is 5. The predicted molar refractivity (Wildman–Crippen MR) is 123 cm³/mol. The molecule has 0 radical (unpaired) electrons. The molecule has 4 rings (SSSR count). The molecule has 0 atom stereocenters. The van der Waals surface area contributed by atoms with E-state index in [4.69, 9.17) is 4.74 Å². The summed E-state index contributed by atoms with van der Waals surface area (Å²) in [6.07, 6.45) is 3.19. The summed E-state index contributed by atoms with van der Waals surface area (Å²) in [5.41, 5.74) is 2.97. The summed E-state index contributed by atoms with van der Waals surface area (Å²) >= 11 is 0. The number of aryl methyl sites for hydroxylation is 2. The highest BCUT2D eigenvalue weighted by Crippen LogP contribution is 2.23. The quantitative estimate of drug-likeness (QED) is 0.476.